The van der Waals surface area contributed by atoms with E-state index >= 15 is 0 Å². The molecule has 0 saturated heterocycles. The van der Waals surface area contributed by atoms with Crippen molar-refractivity contribution in [1.82, 2.24) is 0 Å². The molecule has 4 N–H and O–H groups in total. The van der Waals surface area contributed by atoms with E-state index in [4.69, 9.17) is 5.73 Å². The highest BCUT2D eigenvalue weighted by atomic mass is 16.2. The van der Waals surface area contributed by atoms with Gasteiger partial charge in [0.25, 0.3) is 0 Å². The zero-order valence-corrected chi connectivity index (χ0v) is 14.3. The summed E-state index contributed by atoms with van der Waals surface area (Å²) in [6, 6.07) is 7.57. The van der Waals surface area contributed by atoms with E-state index in [1.807, 2.05) is 31.2 Å². The average Bonchev–Trinajstić information content (AvgIpc) is 2.56. The predicted molar refractivity (Wildman–Crippen MR) is 95.5 cm³/mol. The Balaban J connectivity index is 1.58. The van der Waals surface area contributed by atoms with Crippen LogP contribution in [0, 0.1) is 17.8 Å². The van der Waals surface area contributed by atoms with E-state index in [1.165, 1.54) is 6.42 Å². The summed E-state index contributed by atoms with van der Waals surface area (Å²) in [6.07, 6.45) is 5.84. The molecule has 0 radical (unpaired) electrons. The molecule has 0 spiro atoms. The van der Waals surface area contributed by atoms with Crippen molar-refractivity contribution in [3.05, 3.63) is 24.3 Å². The summed E-state index contributed by atoms with van der Waals surface area (Å²) in [7, 11) is 0. The van der Waals surface area contributed by atoms with Gasteiger partial charge in [0, 0.05) is 29.8 Å². The van der Waals surface area contributed by atoms with E-state index in [0.29, 0.717) is 18.3 Å². The second-order valence-electron chi connectivity index (χ2n) is 7.17. The van der Waals surface area contributed by atoms with Gasteiger partial charge in [0.15, 0.2) is 0 Å². The Morgan fingerprint density at radius 2 is 1.58 bits per heavy atom. The monoisotopic (exact) mass is 329 g/mol. The van der Waals surface area contributed by atoms with E-state index < -0.39 is 0 Å². The van der Waals surface area contributed by atoms with Crippen LogP contribution < -0.4 is 16.4 Å². The average molecular weight is 329 g/mol. The van der Waals surface area contributed by atoms with Crippen molar-refractivity contribution < 1.29 is 9.59 Å². The summed E-state index contributed by atoms with van der Waals surface area (Å²) >= 11 is 0. The molecule has 0 aliphatic heterocycles. The van der Waals surface area contributed by atoms with Crippen LogP contribution in [-0.4, -0.2) is 17.9 Å². The first-order valence-electron chi connectivity index (χ1n) is 9.03. The van der Waals surface area contributed by atoms with E-state index in [0.717, 1.165) is 37.1 Å². The van der Waals surface area contributed by atoms with Crippen molar-refractivity contribution >= 4 is 23.2 Å². The molecule has 2 aliphatic carbocycles. The summed E-state index contributed by atoms with van der Waals surface area (Å²) in [6.45, 7) is 1.81. The number of hydrogen-bond acceptors (Lipinski definition) is 3. The Morgan fingerprint density at radius 3 is 2.12 bits per heavy atom. The lowest BCUT2D eigenvalue weighted by molar-refractivity contribution is -0.122. The Kier molecular flexibility index (Phi) is 5.19. The molecule has 24 heavy (non-hydrogen) atoms. The summed E-state index contributed by atoms with van der Waals surface area (Å²) < 4.78 is 0. The van der Waals surface area contributed by atoms with Crippen LogP contribution in [0.15, 0.2) is 24.3 Å². The van der Waals surface area contributed by atoms with Crippen molar-refractivity contribution in [3.63, 3.8) is 0 Å². The molecule has 1 aromatic rings. The van der Waals surface area contributed by atoms with Gasteiger partial charge in [0.2, 0.25) is 11.8 Å². The SMILES string of the molecule is CCC(=O)Nc1ccc(NC(=O)C2CC3CCCC(C2)C3N)cc1. The molecule has 2 saturated carbocycles. The molecular formula is C19H27N3O2. The molecule has 2 unspecified atom stereocenters. The second kappa shape index (κ2) is 7.34. The summed E-state index contributed by atoms with van der Waals surface area (Å²) in [5.74, 6) is 1.15. The minimum absolute atomic E-state index is 0.0168. The summed E-state index contributed by atoms with van der Waals surface area (Å²) in [4.78, 5) is 24.0. The number of nitrogens with two attached hydrogens (primary N) is 1. The molecule has 1 aromatic carbocycles. The lowest BCUT2D eigenvalue weighted by Crippen LogP contribution is -2.48. The largest absolute Gasteiger partial charge is 0.327 e. The van der Waals surface area contributed by atoms with Crippen LogP contribution in [0.3, 0.4) is 0 Å². The van der Waals surface area contributed by atoms with Gasteiger partial charge < -0.3 is 16.4 Å². The van der Waals surface area contributed by atoms with Gasteiger partial charge in [-0.05, 0) is 61.8 Å². The maximum absolute atomic E-state index is 12.6. The van der Waals surface area contributed by atoms with E-state index in [-0.39, 0.29) is 23.8 Å². The van der Waals surface area contributed by atoms with Gasteiger partial charge in [0.05, 0.1) is 0 Å². The fraction of sp³-hybridized carbons (Fsp3) is 0.579. The van der Waals surface area contributed by atoms with E-state index in [1.54, 1.807) is 0 Å². The first-order chi connectivity index (χ1) is 11.6. The number of hydrogen-bond donors (Lipinski definition) is 3. The van der Waals surface area contributed by atoms with Crippen LogP contribution in [0.5, 0.6) is 0 Å². The number of rotatable bonds is 4. The zero-order chi connectivity index (χ0) is 17.1. The van der Waals surface area contributed by atoms with Crippen LogP contribution in [0.1, 0.15) is 45.4 Å². The number of carbonyl (C=O) groups is 2. The highest BCUT2D eigenvalue weighted by molar-refractivity contribution is 5.94. The Morgan fingerprint density at radius 1 is 1.04 bits per heavy atom. The van der Waals surface area contributed by atoms with Crippen LogP contribution in [0.25, 0.3) is 0 Å². The van der Waals surface area contributed by atoms with Crippen LogP contribution in [0.4, 0.5) is 11.4 Å². The summed E-state index contributed by atoms with van der Waals surface area (Å²) in [5.41, 5.74) is 7.82. The van der Waals surface area contributed by atoms with Gasteiger partial charge in [-0.25, -0.2) is 0 Å². The molecule has 2 atom stereocenters. The van der Waals surface area contributed by atoms with Crippen molar-refractivity contribution in [2.45, 2.75) is 51.5 Å². The quantitative estimate of drug-likeness (QED) is 0.793. The van der Waals surface area contributed by atoms with Crippen LogP contribution in [-0.2, 0) is 9.59 Å². The minimum Gasteiger partial charge on any atom is -0.327 e. The highest BCUT2D eigenvalue weighted by Crippen LogP contribution is 2.42. The zero-order valence-electron chi connectivity index (χ0n) is 14.3. The van der Waals surface area contributed by atoms with E-state index in [9.17, 15) is 9.59 Å². The number of nitrogens with one attached hydrogen (secondary N) is 2. The molecule has 2 amide bonds. The lowest BCUT2D eigenvalue weighted by Gasteiger charge is -2.43. The first kappa shape index (κ1) is 17.0. The molecule has 5 heteroatoms. The molecule has 5 nitrogen and oxygen atoms in total. The Hall–Kier alpha value is -1.88. The van der Waals surface area contributed by atoms with Gasteiger partial charge >= 0.3 is 0 Å². The minimum atomic E-state index is -0.0168. The Bertz CT molecular complexity index is 585. The van der Waals surface area contributed by atoms with Gasteiger partial charge in [-0.3, -0.25) is 9.59 Å². The number of amides is 2. The third-order valence-electron chi connectivity index (χ3n) is 5.54. The number of benzene rings is 1. The molecule has 2 fully saturated rings. The molecule has 0 aromatic heterocycles. The fourth-order valence-electron chi connectivity index (χ4n) is 4.13. The molecular weight excluding hydrogens is 302 g/mol. The summed E-state index contributed by atoms with van der Waals surface area (Å²) in [5, 5.41) is 5.82. The third-order valence-corrected chi connectivity index (χ3v) is 5.54. The molecule has 2 aliphatic rings. The lowest BCUT2D eigenvalue weighted by atomic mass is 9.65. The Labute approximate surface area is 143 Å². The van der Waals surface area contributed by atoms with Crippen molar-refractivity contribution in [3.8, 4) is 0 Å². The van der Waals surface area contributed by atoms with Crippen LogP contribution in [0.2, 0.25) is 0 Å². The number of fused-ring (bicyclic) bond motifs is 2. The highest BCUT2D eigenvalue weighted by Gasteiger charge is 2.40. The smallest absolute Gasteiger partial charge is 0.227 e. The normalized spacial score (nSPS) is 28.9. The topological polar surface area (TPSA) is 84.2 Å². The third kappa shape index (κ3) is 3.78. The second-order valence-corrected chi connectivity index (χ2v) is 7.17. The number of carbonyl (C=O) groups excluding carboxylic acids is 2. The van der Waals surface area contributed by atoms with Gasteiger partial charge in [-0.1, -0.05) is 13.3 Å². The molecule has 3 rings (SSSR count). The molecule has 130 valence electrons. The first-order valence-corrected chi connectivity index (χ1v) is 9.03. The van der Waals surface area contributed by atoms with Gasteiger partial charge in [-0.2, -0.15) is 0 Å². The maximum Gasteiger partial charge on any atom is 0.227 e. The molecule has 0 heterocycles. The van der Waals surface area contributed by atoms with Crippen molar-refractivity contribution in [1.29, 1.82) is 0 Å². The van der Waals surface area contributed by atoms with Crippen molar-refractivity contribution in [2.24, 2.45) is 23.5 Å². The van der Waals surface area contributed by atoms with E-state index in [2.05, 4.69) is 10.6 Å². The van der Waals surface area contributed by atoms with Crippen LogP contribution >= 0.6 is 0 Å². The van der Waals surface area contributed by atoms with Gasteiger partial charge in [-0.15, -0.1) is 0 Å². The molecule has 2 bridgehead atoms. The fourth-order valence-corrected chi connectivity index (χ4v) is 4.13. The van der Waals surface area contributed by atoms with Gasteiger partial charge in [0.1, 0.15) is 0 Å². The number of anilines is 2. The standard InChI is InChI=1S/C19H27N3O2/c1-2-17(23)21-15-6-8-16(9-7-15)22-19(24)14-10-12-4-3-5-13(11-14)18(12)20/h6-9,12-14,18H,2-5,10-11,20H2,1H3,(H,21,23)(H,22,24). The maximum atomic E-state index is 12.6. The predicted octanol–water partition coefficient (Wildman–Crippen LogP) is 3.13. The van der Waals surface area contributed by atoms with Crippen molar-refractivity contribution in [2.75, 3.05) is 10.6 Å².